The second kappa shape index (κ2) is 9.14. The van der Waals surface area contributed by atoms with E-state index in [0.717, 1.165) is 26.8 Å². The fourth-order valence-electron chi connectivity index (χ4n) is 2.91. The average molecular weight is 422 g/mol. The second-order valence-electron chi connectivity index (χ2n) is 6.31. The van der Waals surface area contributed by atoms with Crippen LogP contribution in [0, 0.1) is 6.92 Å². The van der Waals surface area contributed by atoms with Crippen molar-refractivity contribution in [3.05, 3.63) is 50.5 Å². The van der Waals surface area contributed by atoms with Crippen molar-refractivity contribution in [1.29, 1.82) is 0 Å². The van der Waals surface area contributed by atoms with Gasteiger partial charge in [0.1, 0.15) is 17.9 Å². The molecule has 0 aromatic heterocycles. The van der Waals surface area contributed by atoms with Crippen molar-refractivity contribution in [2.45, 2.75) is 27.2 Å². The number of Topliss-reactive ketones (excluding diaryl/α,β-unsaturated/α-hetero) is 1. The van der Waals surface area contributed by atoms with Crippen molar-refractivity contribution in [1.82, 2.24) is 5.32 Å². The van der Waals surface area contributed by atoms with Gasteiger partial charge >= 0.3 is 5.97 Å². The summed E-state index contributed by atoms with van der Waals surface area (Å²) in [6.07, 6.45) is 2.55. The molecule has 1 aromatic carbocycles. The quantitative estimate of drug-likeness (QED) is 0.536. The van der Waals surface area contributed by atoms with Gasteiger partial charge in [0.05, 0.1) is 7.11 Å². The highest BCUT2D eigenvalue weighted by Crippen LogP contribution is 2.29. The van der Waals surface area contributed by atoms with Crippen LogP contribution in [0.2, 0.25) is 0 Å². The van der Waals surface area contributed by atoms with Crippen molar-refractivity contribution in [2.24, 2.45) is 0 Å². The summed E-state index contributed by atoms with van der Waals surface area (Å²) < 4.78 is 11.4. The van der Waals surface area contributed by atoms with Crippen LogP contribution in [0.3, 0.4) is 0 Å². The maximum atomic E-state index is 12.1. The minimum absolute atomic E-state index is 0.174. The highest BCUT2D eigenvalue weighted by Gasteiger charge is 2.19. The number of allylic oxidation sites excluding steroid dienone is 3. The highest BCUT2D eigenvalue weighted by atomic mass is 79.9. The van der Waals surface area contributed by atoms with E-state index in [1.54, 1.807) is 6.07 Å². The topological polar surface area (TPSA) is 64.6 Å². The Hall–Kier alpha value is -1.92. The third-order valence-corrected chi connectivity index (χ3v) is 5.16. The molecule has 0 unspecified atom stereocenters. The first-order valence-corrected chi connectivity index (χ1v) is 9.25. The molecule has 0 saturated heterocycles. The average Bonchev–Trinajstić information content (AvgIpc) is 2.59. The predicted octanol–water partition coefficient (Wildman–Crippen LogP) is 3.75. The molecule has 1 aromatic rings. The maximum absolute atomic E-state index is 12.1. The van der Waals surface area contributed by atoms with Gasteiger partial charge in [-0.2, -0.15) is 0 Å². The molecule has 1 aliphatic rings. The smallest absolute Gasteiger partial charge is 0.341 e. The first-order chi connectivity index (χ1) is 12.3. The minimum atomic E-state index is -0.428. The number of esters is 1. The van der Waals surface area contributed by atoms with Gasteiger partial charge < -0.3 is 14.8 Å². The zero-order valence-corrected chi connectivity index (χ0v) is 17.2. The standard InChI is InChI=1S/C20H24BrNO4/c1-12-9-13(2)15(17(23)10-12)11-22-7-8-26-18-6-5-16(21)14(3)19(18)20(24)25-4/h5-6,9,22H,7-8,10-11H2,1-4H3. The van der Waals surface area contributed by atoms with Gasteiger partial charge in [-0.3, -0.25) is 4.79 Å². The summed E-state index contributed by atoms with van der Waals surface area (Å²) in [4.78, 5) is 24.1. The molecule has 26 heavy (non-hydrogen) atoms. The number of hydrogen-bond donors (Lipinski definition) is 1. The summed E-state index contributed by atoms with van der Waals surface area (Å²) in [6, 6.07) is 3.59. The van der Waals surface area contributed by atoms with Crippen molar-refractivity contribution < 1.29 is 19.1 Å². The number of ketones is 1. The van der Waals surface area contributed by atoms with Crippen LogP contribution in [0.1, 0.15) is 36.2 Å². The Balaban J connectivity index is 1.93. The summed E-state index contributed by atoms with van der Waals surface area (Å²) in [6.45, 7) is 7.21. The molecule has 6 heteroatoms. The van der Waals surface area contributed by atoms with Crippen molar-refractivity contribution in [3.63, 3.8) is 0 Å². The fraction of sp³-hybridized carbons (Fsp3) is 0.400. The van der Waals surface area contributed by atoms with Crippen molar-refractivity contribution in [3.8, 4) is 5.75 Å². The molecule has 0 atom stereocenters. The summed E-state index contributed by atoms with van der Waals surface area (Å²) in [5.74, 6) is 0.233. The SMILES string of the molecule is COC(=O)c1c(OCCNCC2=C(C)C=C(C)CC2=O)ccc(Br)c1C. The van der Waals surface area contributed by atoms with Crippen LogP contribution >= 0.6 is 15.9 Å². The van der Waals surface area contributed by atoms with Gasteiger partial charge in [-0.25, -0.2) is 4.79 Å². The normalized spacial score (nSPS) is 14.3. The third kappa shape index (κ3) is 4.83. The van der Waals surface area contributed by atoms with E-state index in [-0.39, 0.29) is 5.78 Å². The molecule has 0 amide bonds. The minimum Gasteiger partial charge on any atom is -0.491 e. The molecule has 0 spiro atoms. The van der Waals surface area contributed by atoms with Crippen molar-refractivity contribution >= 4 is 27.7 Å². The van der Waals surface area contributed by atoms with Gasteiger partial charge in [0.2, 0.25) is 0 Å². The Morgan fingerprint density at radius 1 is 1.27 bits per heavy atom. The van der Waals surface area contributed by atoms with Crippen LogP contribution in [0.5, 0.6) is 5.75 Å². The molecule has 0 saturated carbocycles. The third-order valence-electron chi connectivity index (χ3n) is 4.30. The zero-order chi connectivity index (χ0) is 19.3. The predicted molar refractivity (Wildman–Crippen MR) is 105 cm³/mol. The molecule has 1 aliphatic carbocycles. The number of halogens is 1. The van der Waals surface area contributed by atoms with Gasteiger partial charge in [0, 0.05) is 29.6 Å². The van der Waals surface area contributed by atoms with Gasteiger partial charge in [-0.05, 0) is 44.0 Å². The molecule has 0 aliphatic heterocycles. The molecule has 0 bridgehead atoms. The van der Waals surface area contributed by atoms with Crippen LogP contribution in [-0.2, 0) is 9.53 Å². The first kappa shape index (κ1) is 20.4. The van der Waals surface area contributed by atoms with E-state index in [9.17, 15) is 9.59 Å². The molecule has 140 valence electrons. The number of hydrogen-bond acceptors (Lipinski definition) is 5. The lowest BCUT2D eigenvalue weighted by Gasteiger charge is -2.17. The zero-order valence-electron chi connectivity index (χ0n) is 15.6. The van der Waals surface area contributed by atoms with E-state index >= 15 is 0 Å². The van der Waals surface area contributed by atoms with Crippen LogP contribution in [0.4, 0.5) is 0 Å². The molecular weight excluding hydrogens is 398 g/mol. The summed E-state index contributed by atoms with van der Waals surface area (Å²) in [5, 5.41) is 3.23. The maximum Gasteiger partial charge on any atom is 0.341 e. The molecule has 5 nitrogen and oxygen atoms in total. The van der Waals surface area contributed by atoms with Gasteiger partial charge in [-0.1, -0.05) is 27.6 Å². The molecule has 1 N–H and O–H groups in total. The largest absolute Gasteiger partial charge is 0.491 e. The van der Waals surface area contributed by atoms with E-state index in [4.69, 9.17) is 9.47 Å². The van der Waals surface area contributed by atoms with E-state index in [1.807, 2.05) is 26.8 Å². The molecular formula is C20H24BrNO4. The summed E-state index contributed by atoms with van der Waals surface area (Å²) >= 11 is 3.41. The molecule has 0 fully saturated rings. The molecule has 0 heterocycles. The van der Waals surface area contributed by atoms with Gasteiger partial charge in [-0.15, -0.1) is 0 Å². The number of rotatable bonds is 7. The number of nitrogens with one attached hydrogen (secondary N) is 1. The number of carbonyl (C=O) groups is 2. The van der Waals surface area contributed by atoms with Gasteiger partial charge in [0.15, 0.2) is 5.78 Å². The van der Waals surface area contributed by atoms with E-state index < -0.39 is 5.97 Å². The number of methoxy groups -OCH3 is 1. The van der Waals surface area contributed by atoms with Crippen LogP contribution < -0.4 is 10.1 Å². The van der Waals surface area contributed by atoms with E-state index in [0.29, 0.717) is 37.4 Å². The van der Waals surface area contributed by atoms with Crippen LogP contribution in [-0.4, -0.2) is 38.6 Å². The number of ether oxygens (including phenoxy) is 2. The Labute approximate surface area is 162 Å². The van der Waals surface area contributed by atoms with E-state index in [1.165, 1.54) is 7.11 Å². The lowest BCUT2D eigenvalue weighted by Crippen LogP contribution is -2.27. The Kier molecular flexibility index (Phi) is 7.17. The van der Waals surface area contributed by atoms with Crippen LogP contribution in [0.15, 0.2) is 39.4 Å². The summed E-state index contributed by atoms with van der Waals surface area (Å²) in [7, 11) is 1.35. The Bertz CT molecular complexity index is 780. The number of benzene rings is 1. The Morgan fingerprint density at radius 3 is 2.65 bits per heavy atom. The second-order valence-corrected chi connectivity index (χ2v) is 7.17. The van der Waals surface area contributed by atoms with Crippen molar-refractivity contribution in [2.75, 3.05) is 26.8 Å². The van der Waals surface area contributed by atoms with Gasteiger partial charge in [0.25, 0.3) is 0 Å². The lowest BCUT2D eigenvalue weighted by molar-refractivity contribution is -0.115. The Morgan fingerprint density at radius 2 is 2.00 bits per heavy atom. The number of carbonyl (C=O) groups excluding carboxylic acids is 2. The lowest BCUT2D eigenvalue weighted by atomic mass is 9.92. The van der Waals surface area contributed by atoms with Crippen LogP contribution in [0.25, 0.3) is 0 Å². The fourth-order valence-corrected chi connectivity index (χ4v) is 3.24. The highest BCUT2D eigenvalue weighted by molar-refractivity contribution is 9.10. The first-order valence-electron chi connectivity index (χ1n) is 8.46. The summed E-state index contributed by atoms with van der Waals surface area (Å²) in [5.41, 5.74) is 4.14. The molecule has 0 radical (unpaired) electrons. The molecule has 2 rings (SSSR count). The monoisotopic (exact) mass is 421 g/mol. The van der Waals surface area contributed by atoms with E-state index in [2.05, 4.69) is 27.3 Å².